The molecule has 2 N–H and O–H groups in total. The third-order valence-corrected chi connectivity index (χ3v) is 2.66. The van der Waals surface area contributed by atoms with E-state index in [9.17, 15) is 0 Å². The van der Waals surface area contributed by atoms with Crippen LogP contribution in [0, 0.1) is 13.8 Å². The van der Waals surface area contributed by atoms with Gasteiger partial charge in [-0.05, 0) is 37.6 Å². The molecule has 4 heteroatoms. The van der Waals surface area contributed by atoms with Gasteiger partial charge in [0.2, 0.25) is 0 Å². The summed E-state index contributed by atoms with van der Waals surface area (Å²) in [5.74, 6) is 0.779. The van der Waals surface area contributed by atoms with Crippen LogP contribution < -0.4 is 10.5 Å². The lowest BCUT2D eigenvalue weighted by molar-refractivity contribution is 0.414. The maximum atomic E-state index is 5.82. The van der Waals surface area contributed by atoms with Crippen molar-refractivity contribution < 1.29 is 4.74 Å². The van der Waals surface area contributed by atoms with Crippen LogP contribution in [0.1, 0.15) is 17.0 Å². The number of nitrogens with zero attached hydrogens (tertiary/aromatic N) is 2. The number of hydrogen-bond acceptors (Lipinski definition) is 3. The molecule has 4 nitrogen and oxygen atoms in total. The molecule has 90 valence electrons. The average Bonchev–Trinajstić information content (AvgIpc) is 2.56. The summed E-state index contributed by atoms with van der Waals surface area (Å²) in [5, 5.41) is 4.43. The van der Waals surface area contributed by atoms with Crippen molar-refractivity contribution in [2.75, 3.05) is 12.8 Å². The van der Waals surface area contributed by atoms with E-state index in [0.29, 0.717) is 12.2 Å². The van der Waals surface area contributed by atoms with Gasteiger partial charge in [-0.25, -0.2) is 0 Å². The molecule has 0 saturated carbocycles. The SMILES string of the molecule is COc1cc(N)cc(Cn2nc(C)cc2C)c1. The second kappa shape index (κ2) is 4.49. The number of ether oxygens (including phenoxy) is 1. The highest BCUT2D eigenvalue weighted by atomic mass is 16.5. The highest BCUT2D eigenvalue weighted by Gasteiger charge is 2.04. The zero-order valence-corrected chi connectivity index (χ0v) is 10.4. The summed E-state index contributed by atoms with van der Waals surface area (Å²) >= 11 is 0. The number of methoxy groups -OCH3 is 1. The highest BCUT2D eigenvalue weighted by Crippen LogP contribution is 2.19. The molecular formula is C13H17N3O. The summed E-state index contributed by atoms with van der Waals surface area (Å²) in [5.41, 5.74) is 9.79. The normalized spacial score (nSPS) is 10.5. The first-order valence-electron chi connectivity index (χ1n) is 5.53. The first kappa shape index (κ1) is 11.5. The Labute approximate surface area is 101 Å². The van der Waals surface area contributed by atoms with Crippen molar-refractivity contribution in [3.05, 3.63) is 41.2 Å². The molecular weight excluding hydrogens is 214 g/mol. The quantitative estimate of drug-likeness (QED) is 0.823. The fourth-order valence-corrected chi connectivity index (χ4v) is 1.90. The van der Waals surface area contributed by atoms with Crippen molar-refractivity contribution in [1.82, 2.24) is 9.78 Å². The van der Waals surface area contributed by atoms with E-state index in [2.05, 4.69) is 11.2 Å². The second-order valence-electron chi connectivity index (χ2n) is 4.20. The highest BCUT2D eigenvalue weighted by molar-refractivity contribution is 5.47. The number of benzene rings is 1. The number of nitrogens with two attached hydrogens (primary N) is 1. The van der Waals surface area contributed by atoms with Gasteiger partial charge >= 0.3 is 0 Å². The molecule has 0 amide bonds. The average molecular weight is 231 g/mol. The lowest BCUT2D eigenvalue weighted by Gasteiger charge is -2.08. The van der Waals surface area contributed by atoms with Crippen molar-refractivity contribution in [3.63, 3.8) is 0 Å². The maximum absolute atomic E-state index is 5.82. The van der Waals surface area contributed by atoms with E-state index in [1.807, 2.05) is 36.7 Å². The minimum atomic E-state index is 0.709. The summed E-state index contributed by atoms with van der Waals surface area (Å²) in [6.45, 7) is 4.74. The predicted octanol–water partition coefficient (Wildman–Crippen LogP) is 2.14. The van der Waals surface area contributed by atoms with Gasteiger partial charge in [-0.1, -0.05) is 0 Å². The predicted molar refractivity (Wildman–Crippen MR) is 68.2 cm³/mol. The van der Waals surface area contributed by atoms with Crippen molar-refractivity contribution in [3.8, 4) is 5.75 Å². The Kier molecular flexibility index (Phi) is 3.04. The number of aromatic nitrogens is 2. The molecule has 0 atom stereocenters. The molecule has 0 radical (unpaired) electrons. The molecule has 0 bridgehead atoms. The van der Waals surface area contributed by atoms with Crippen LogP contribution in [0.4, 0.5) is 5.69 Å². The fraction of sp³-hybridized carbons (Fsp3) is 0.308. The van der Waals surface area contributed by atoms with E-state index in [1.54, 1.807) is 7.11 Å². The zero-order valence-electron chi connectivity index (χ0n) is 10.4. The molecule has 2 aromatic rings. The molecule has 1 aromatic carbocycles. The number of aryl methyl sites for hydroxylation is 2. The summed E-state index contributed by atoms with van der Waals surface area (Å²) in [6.07, 6.45) is 0. The van der Waals surface area contributed by atoms with Gasteiger partial charge in [0, 0.05) is 17.4 Å². The third kappa shape index (κ3) is 2.58. The van der Waals surface area contributed by atoms with Crippen LogP contribution in [0.5, 0.6) is 5.75 Å². The third-order valence-electron chi connectivity index (χ3n) is 2.66. The largest absolute Gasteiger partial charge is 0.497 e. The van der Waals surface area contributed by atoms with Gasteiger partial charge in [-0.15, -0.1) is 0 Å². The van der Waals surface area contributed by atoms with Crippen molar-refractivity contribution in [2.24, 2.45) is 0 Å². The van der Waals surface area contributed by atoms with Gasteiger partial charge in [0.15, 0.2) is 0 Å². The number of nitrogen functional groups attached to an aromatic ring is 1. The number of rotatable bonds is 3. The number of hydrogen-bond donors (Lipinski definition) is 1. The maximum Gasteiger partial charge on any atom is 0.121 e. The number of anilines is 1. The van der Waals surface area contributed by atoms with Crippen LogP contribution in [0.2, 0.25) is 0 Å². The Morgan fingerprint density at radius 2 is 2.00 bits per heavy atom. The smallest absolute Gasteiger partial charge is 0.121 e. The fourth-order valence-electron chi connectivity index (χ4n) is 1.90. The van der Waals surface area contributed by atoms with Crippen LogP contribution >= 0.6 is 0 Å². The summed E-state index contributed by atoms with van der Waals surface area (Å²) < 4.78 is 7.16. The van der Waals surface area contributed by atoms with Crippen LogP contribution in [0.25, 0.3) is 0 Å². The summed E-state index contributed by atoms with van der Waals surface area (Å²) in [4.78, 5) is 0. The van der Waals surface area contributed by atoms with E-state index in [4.69, 9.17) is 10.5 Å². The Morgan fingerprint density at radius 1 is 1.24 bits per heavy atom. The second-order valence-corrected chi connectivity index (χ2v) is 4.20. The Morgan fingerprint density at radius 3 is 2.59 bits per heavy atom. The first-order valence-corrected chi connectivity index (χ1v) is 5.53. The van der Waals surface area contributed by atoms with E-state index < -0.39 is 0 Å². The lowest BCUT2D eigenvalue weighted by atomic mass is 10.2. The lowest BCUT2D eigenvalue weighted by Crippen LogP contribution is -2.04. The molecule has 0 unspecified atom stereocenters. The van der Waals surface area contributed by atoms with Crippen LogP contribution in [-0.4, -0.2) is 16.9 Å². The molecule has 2 rings (SSSR count). The first-order chi connectivity index (χ1) is 8.08. The monoisotopic (exact) mass is 231 g/mol. The van der Waals surface area contributed by atoms with E-state index in [0.717, 1.165) is 22.7 Å². The topological polar surface area (TPSA) is 53.1 Å². The summed E-state index contributed by atoms with van der Waals surface area (Å²) in [7, 11) is 1.64. The molecule has 0 saturated heterocycles. The van der Waals surface area contributed by atoms with Gasteiger partial charge in [0.05, 0.1) is 19.3 Å². The molecule has 17 heavy (non-hydrogen) atoms. The molecule has 0 aliphatic carbocycles. The van der Waals surface area contributed by atoms with Crippen LogP contribution in [0.15, 0.2) is 24.3 Å². The van der Waals surface area contributed by atoms with Crippen LogP contribution in [0.3, 0.4) is 0 Å². The molecule has 0 aliphatic heterocycles. The van der Waals surface area contributed by atoms with E-state index in [-0.39, 0.29) is 0 Å². The van der Waals surface area contributed by atoms with Gasteiger partial charge in [0.25, 0.3) is 0 Å². The van der Waals surface area contributed by atoms with E-state index in [1.165, 1.54) is 0 Å². The minimum Gasteiger partial charge on any atom is -0.497 e. The Balaban J connectivity index is 2.29. The van der Waals surface area contributed by atoms with Crippen molar-refractivity contribution in [1.29, 1.82) is 0 Å². The Hall–Kier alpha value is -1.97. The minimum absolute atomic E-state index is 0.709. The molecule has 1 aromatic heterocycles. The van der Waals surface area contributed by atoms with Gasteiger partial charge in [0.1, 0.15) is 5.75 Å². The molecule has 1 heterocycles. The standard InChI is InChI=1S/C13H17N3O/c1-9-4-10(2)16(15-9)8-11-5-12(14)7-13(6-11)17-3/h4-7H,8,14H2,1-3H3. The van der Waals surface area contributed by atoms with Crippen molar-refractivity contribution >= 4 is 5.69 Å². The molecule has 0 aliphatic rings. The van der Waals surface area contributed by atoms with Gasteiger partial charge in [-0.3, -0.25) is 4.68 Å². The molecule has 0 fully saturated rings. The van der Waals surface area contributed by atoms with Crippen LogP contribution in [-0.2, 0) is 6.54 Å². The van der Waals surface area contributed by atoms with E-state index >= 15 is 0 Å². The molecule has 0 spiro atoms. The van der Waals surface area contributed by atoms with Gasteiger partial charge < -0.3 is 10.5 Å². The van der Waals surface area contributed by atoms with Gasteiger partial charge in [-0.2, -0.15) is 5.10 Å². The zero-order chi connectivity index (χ0) is 12.4. The summed E-state index contributed by atoms with van der Waals surface area (Å²) in [6, 6.07) is 7.79. The van der Waals surface area contributed by atoms with Crippen molar-refractivity contribution in [2.45, 2.75) is 20.4 Å². The Bertz CT molecular complexity index is 531.